The Labute approximate surface area is 623 Å². The van der Waals surface area contributed by atoms with Gasteiger partial charge in [0.1, 0.15) is 5.78 Å². The van der Waals surface area contributed by atoms with E-state index in [1.165, 1.54) is 0 Å². The Kier molecular flexibility index (Phi) is 72.8. The van der Waals surface area contributed by atoms with Gasteiger partial charge in [0.2, 0.25) is 29.5 Å². The maximum Gasteiger partial charge on any atom is 0.241 e. The Hall–Kier alpha value is -3.91. The average Bonchev–Trinajstić information content (AvgIpc) is 0.894. The normalized spacial score (nSPS) is 15.4. The second kappa shape index (κ2) is 72.6. The summed E-state index contributed by atoms with van der Waals surface area (Å²) >= 11 is 0. The van der Waals surface area contributed by atoms with Crippen LogP contribution in [0.2, 0.25) is 0 Å². The smallest absolute Gasteiger partial charge is 0.241 e. The number of rotatable bonds is 57. The van der Waals surface area contributed by atoms with Crippen molar-refractivity contribution in [3.8, 4) is 0 Å². The van der Waals surface area contributed by atoms with E-state index >= 15 is 0 Å². The summed E-state index contributed by atoms with van der Waals surface area (Å²) in [5, 5.41) is 47.2. The third kappa shape index (κ3) is 53.0. The molecule has 7 atom stereocenters. The summed E-state index contributed by atoms with van der Waals surface area (Å²) in [6, 6.07) is -1.50. The maximum absolute atomic E-state index is 13.5. The minimum atomic E-state index is -0.350. The minimum absolute atomic E-state index is 0.00933. The van der Waals surface area contributed by atoms with Gasteiger partial charge >= 0.3 is 0 Å². The number of amides is 5. The van der Waals surface area contributed by atoms with Crippen LogP contribution in [0.1, 0.15) is 185 Å². The molecule has 27 heteroatoms. The quantitative estimate of drug-likeness (QED) is 0.0387. The van der Waals surface area contributed by atoms with Gasteiger partial charge < -0.3 is 104 Å². The first-order valence-electron chi connectivity index (χ1n) is 40.2. The summed E-state index contributed by atoms with van der Waals surface area (Å²) in [4.78, 5) is 99.1. The van der Waals surface area contributed by atoms with Gasteiger partial charge in [0.15, 0.2) is 5.78 Å². The molecule has 0 aromatic carbocycles. The van der Waals surface area contributed by atoms with Crippen molar-refractivity contribution in [2.24, 2.45) is 0 Å². The van der Waals surface area contributed by atoms with Crippen LogP contribution in [-0.2, 0) is 33.6 Å². The summed E-state index contributed by atoms with van der Waals surface area (Å²) in [6.07, 6.45) is 14.7. The second-order valence-corrected chi connectivity index (χ2v) is 26.3. The number of nitrogens with zero attached hydrogens (tertiary/aromatic N) is 5. The predicted molar refractivity (Wildman–Crippen MR) is 427 cm³/mol. The van der Waals surface area contributed by atoms with Crippen LogP contribution < -0.4 is 79.8 Å². The molecule has 0 radical (unpaired) electrons. The molecule has 0 aromatic rings. The monoisotopic (exact) mass is 1460 g/mol. The molecule has 27 nitrogen and oxygen atoms in total. The lowest BCUT2D eigenvalue weighted by molar-refractivity contribution is -0.134. The van der Waals surface area contributed by atoms with Crippen LogP contribution in [0.4, 0.5) is 0 Å². The molecule has 0 bridgehead atoms. The summed E-state index contributed by atoms with van der Waals surface area (Å²) in [6.45, 7) is 45.0. The van der Waals surface area contributed by atoms with Crippen LogP contribution in [0.5, 0.6) is 0 Å². The van der Waals surface area contributed by atoms with Crippen LogP contribution in [0.25, 0.3) is 0 Å². The molecule has 0 aromatic heterocycles. The van der Waals surface area contributed by atoms with E-state index in [0.717, 1.165) is 234 Å². The third-order valence-electron chi connectivity index (χ3n) is 18.8. The molecule has 1 rings (SSSR count). The first-order chi connectivity index (χ1) is 49.3. The van der Waals surface area contributed by atoms with Crippen LogP contribution in [0.3, 0.4) is 0 Å². The highest BCUT2D eigenvalue weighted by Crippen LogP contribution is 2.10. The highest BCUT2D eigenvalue weighted by molar-refractivity contribution is 5.91. The molecule has 1 saturated heterocycles. The van der Waals surface area contributed by atoms with Crippen LogP contribution >= 0.6 is 0 Å². The molecule has 0 aliphatic carbocycles. The Morgan fingerprint density at radius 1 is 0.363 bits per heavy atom. The van der Waals surface area contributed by atoms with Crippen LogP contribution in [-0.4, -0.2) is 327 Å². The second-order valence-electron chi connectivity index (χ2n) is 26.3. The zero-order chi connectivity index (χ0) is 77.0. The summed E-state index contributed by atoms with van der Waals surface area (Å²) in [7, 11) is 13.0. The molecule has 1 aliphatic heterocycles. The van der Waals surface area contributed by atoms with Gasteiger partial charge in [-0.05, 0) is 212 Å². The van der Waals surface area contributed by atoms with E-state index in [0.29, 0.717) is 45.6 Å². The third-order valence-corrected chi connectivity index (χ3v) is 18.8. The zero-order valence-electron chi connectivity index (χ0n) is 68.5. The fourth-order valence-corrected chi connectivity index (χ4v) is 11.7. The Bertz CT molecular complexity index is 1950. The number of nitrogens with one attached hydrogen (secondary N) is 15. The predicted octanol–water partition coefficient (Wildman–Crippen LogP) is 1.92. The maximum atomic E-state index is 13.5. The van der Waals surface area contributed by atoms with Crippen molar-refractivity contribution in [1.29, 1.82) is 0 Å². The van der Waals surface area contributed by atoms with Crippen LogP contribution in [0, 0.1) is 0 Å². The van der Waals surface area contributed by atoms with E-state index in [1.807, 2.05) is 48.8 Å². The molecular formula is C75H162N20O7. The number of hydrogen-bond acceptors (Lipinski definition) is 22. The number of Topliss-reactive ketones (excluding diaryl/α,β-unsaturated/α-hetero) is 2. The molecule has 1 fully saturated rings. The number of hydrogen-bond donors (Lipinski definition) is 15. The number of likely N-dealkylation sites (N-methyl/N-ethyl adjacent to an activating group) is 10. The standard InChI is InChI=1S/C28H61N9O3.C21H46N6O.C20H42N4O2.C6H13NO/c1-29-16-10-7-13-23(32-4)26(38)35-19-21-37(28(40)25(34-6)15-9-12-18-31-3)22-20-36-27(39)24(33-5)14-8-11-17-30-2;1-6-22-19-20(23-7-2)21(28)27-17-15-25(9-4)13-11-24(8-3)12-14-26(10-5)16-18-27;1-5-19(25)17(13-9-11-15-21-6-2)24-20(26)18(23-8-4)14-10-12-16-22-7-3;1-4-6(8)5(2)7-3/h23-25,29-34H,7-22H2,1-6H3,(H,35,38)(H,36,39);20,22-23H,6-19H2,1-5H3;17-18,21-23H,5-16H2,1-4H3,(H,24,26);5,7H,4H2,1-3H3. The van der Waals surface area contributed by atoms with E-state index in [1.54, 1.807) is 33.1 Å². The van der Waals surface area contributed by atoms with Gasteiger partial charge in [0.05, 0.1) is 42.3 Å². The highest BCUT2D eigenvalue weighted by atomic mass is 16.2. The van der Waals surface area contributed by atoms with Crippen molar-refractivity contribution in [1.82, 2.24) is 104 Å². The molecule has 15 N–H and O–H groups in total. The number of ketones is 2. The van der Waals surface area contributed by atoms with E-state index in [9.17, 15) is 33.6 Å². The molecule has 0 saturated carbocycles. The minimum Gasteiger partial charge on any atom is -0.353 e. The number of unbranched alkanes of at least 4 members (excludes halogenated alkanes) is 5. The first kappa shape index (κ1) is 102. The van der Waals surface area contributed by atoms with Crippen molar-refractivity contribution >= 4 is 41.1 Å². The van der Waals surface area contributed by atoms with Gasteiger partial charge in [-0.2, -0.15) is 0 Å². The lowest BCUT2D eigenvalue weighted by atomic mass is 10.0. The van der Waals surface area contributed by atoms with Gasteiger partial charge in [-0.25, -0.2) is 0 Å². The van der Waals surface area contributed by atoms with Crippen molar-refractivity contribution in [3.63, 3.8) is 0 Å². The Morgan fingerprint density at radius 3 is 1.07 bits per heavy atom. The van der Waals surface area contributed by atoms with Crippen LogP contribution in [0.15, 0.2) is 0 Å². The average molecular weight is 1460 g/mol. The molecule has 0 spiro atoms. The Morgan fingerprint density at radius 2 is 0.725 bits per heavy atom. The van der Waals surface area contributed by atoms with Gasteiger partial charge in [-0.3, -0.25) is 33.6 Å². The lowest BCUT2D eigenvalue weighted by Crippen LogP contribution is -2.54. The molecule has 7 unspecified atom stereocenters. The number of carbonyl (C=O) groups is 7. The van der Waals surface area contributed by atoms with Crippen molar-refractivity contribution in [2.75, 3.05) is 219 Å². The molecule has 1 heterocycles. The molecule has 604 valence electrons. The van der Waals surface area contributed by atoms with E-state index in [-0.39, 0.29) is 83.4 Å². The topological polar surface area (TPSA) is 316 Å². The Balaban J connectivity index is -0.00000140. The van der Waals surface area contributed by atoms with Gasteiger partial charge in [0.25, 0.3) is 0 Å². The van der Waals surface area contributed by atoms with Gasteiger partial charge in [-0.1, -0.05) is 94.9 Å². The van der Waals surface area contributed by atoms with E-state index < -0.39 is 0 Å². The summed E-state index contributed by atoms with van der Waals surface area (Å²) in [5.74, 6) is 0.484. The zero-order valence-corrected chi connectivity index (χ0v) is 68.5. The molecular weight excluding hydrogens is 1290 g/mol. The molecule has 1 aliphatic rings. The molecule has 5 amide bonds. The fourth-order valence-electron chi connectivity index (χ4n) is 11.7. The van der Waals surface area contributed by atoms with Crippen molar-refractivity contribution in [3.05, 3.63) is 0 Å². The highest BCUT2D eigenvalue weighted by Gasteiger charge is 2.28. The van der Waals surface area contributed by atoms with Crippen molar-refractivity contribution in [2.45, 2.75) is 228 Å². The van der Waals surface area contributed by atoms with Gasteiger partial charge in [-0.15, -0.1) is 0 Å². The molecule has 102 heavy (non-hydrogen) atoms. The van der Waals surface area contributed by atoms with E-state index in [4.69, 9.17) is 0 Å². The summed E-state index contributed by atoms with van der Waals surface area (Å²) in [5.41, 5.74) is 0. The van der Waals surface area contributed by atoms with Crippen molar-refractivity contribution < 1.29 is 33.6 Å². The number of carbonyl (C=O) groups excluding carboxylic acids is 7. The largest absolute Gasteiger partial charge is 0.353 e. The lowest BCUT2D eigenvalue weighted by Gasteiger charge is -2.34. The van der Waals surface area contributed by atoms with E-state index in [2.05, 4.69) is 148 Å². The fraction of sp³-hybridized carbons (Fsp3) is 0.907. The SMILES string of the molecule is CCC(=O)C(C)NC.CCNCC(NCC)C(=O)N1CCN(CC)CCN(CC)CCN(CC)CC1.CCNCCCCC(NC(=O)C(CCCCNCC)NCC)C(=O)CC.CNCCCCC(NC)C(=O)NCCN(CCNC(=O)C(CCCCNC)NC)C(=O)C(CCCCNC)NC. The van der Waals surface area contributed by atoms with Gasteiger partial charge in [0, 0.05) is 97.9 Å². The summed E-state index contributed by atoms with van der Waals surface area (Å²) < 4.78 is 0. The first-order valence-corrected chi connectivity index (χ1v) is 40.2.